The Bertz CT molecular complexity index is 1040. The van der Waals surface area contributed by atoms with Crippen molar-refractivity contribution in [2.24, 2.45) is 0 Å². The lowest BCUT2D eigenvalue weighted by molar-refractivity contribution is -0.385. The minimum absolute atomic E-state index is 0.0292. The van der Waals surface area contributed by atoms with E-state index in [9.17, 15) is 18.5 Å². The van der Waals surface area contributed by atoms with Gasteiger partial charge in [-0.15, -0.1) is 0 Å². The summed E-state index contributed by atoms with van der Waals surface area (Å²) in [6.07, 6.45) is 1.62. The molecule has 0 atom stereocenters. The molecule has 0 spiro atoms. The monoisotopic (exact) mass is 446 g/mol. The van der Waals surface area contributed by atoms with E-state index in [-0.39, 0.29) is 10.6 Å². The second kappa shape index (κ2) is 8.72. The van der Waals surface area contributed by atoms with Gasteiger partial charge in [0.15, 0.2) is 0 Å². The zero-order valence-electron chi connectivity index (χ0n) is 17.4. The Hall–Kier alpha value is -2.85. The van der Waals surface area contributed by atoms with Gasteiger partial charge in [-0.3, -0.25) is 10.1 Å². The van der Waals surface area contributed by atoms with Gasteiger partial charge >= 0.3 is 0 Å². The first-order valence-electron chi connectivity index (χ1n) is 10.3. The number of benzene rings is 2. The molecule has 0 N–H and O–H groups in total. The van der Waals surface area contributed by atoms with Gasteiger partial charge in [-0.25, -0.2) is 8.42 Å². The van der Waals surface area contributed by atoms with Crippen LogP contribution in [0.5, 0.6) is 5.75 Å². The van der Waals surface area contributed by atoms with Crippen LogP contribution in [0.25, 0.3) is 0 Å². The fourth-order valence-corrected chi connectivity index (χ4v) is 5.90. The number of nitro benzene ring substituents is 1. The summed E-state index contributed by atoms with van der Waals surface area (Å²) in [6.45, 7) is 3.57. The van der Waals surface area contributed by atoms with Crippen molar-refractivity contribution < 1.29 is 18.1 Å². The lowest BCUT2D eigenvalue weighted by Crippen LogP contribution is -2.47. The van der Waals surface area contributed by atoms with Crippen LogP contribution in [-0.2, 0) is 10.0 Å². The van der Waals surface area contributed by atoms with Crippen LogP contribution < -0.4 is 14.5 Å². The quantitative estimate of drug-likeness (QED) is 0.497. The van der Waals surface area contributed by atoms with Gasteiger partial charge in [-0.2, -0.15) is 4.31 Å². The Balaban J connectivity index is 1.58. The van der Waals surface area contributed by atoms with Crippen molar-refractivity contribution >= 4 is 27.1 Å². The van der Waals surface area contributed by atoms with Crippen LogP contribution in [-0.4, -0.2) is 64.0 Å². The Morgan fingerprint density at radius 3 is 2.10 bits per heavy atom. The van der Waals surface area contributed by atoms with Gasteiger partial charge < -0.3 is 14.5 Å². The molecular weight excluding hydrogens is 420 g/mol. The van der Waals surface area contributed by atoms with Gasteiger partial charge in [-0.05, 0) is 43.2 Å². The van der Waals surface area contributed by atoms with Crippen molar-refractivity contribution in [1.29, 1.82) is 0 Å². The first-order valence-corrected chi connectivity index (χ1v) is 11.8. The molecule has 2 heterocycles. The topological polar surface area (TPSA) is 96.2 Å². The van der Waals surface area contributed by atoms with E-state index in [2.05, 4.69) is 4.90 Å². The minimum atomic E-state index is -3.79. The zero-order chi connectivity index (χ0) is 22.0. The number of anilines is 2. The summed E-state index contributed by atoms with van der Waals surface area (Å²) in [4.78, 5) is 15.0. The SMILES string of the molecule is COc1ccc(N2CCN(c3ccc([N+](=O)[O-])cc3S(=O)(=O)N3CCCC3)CC2)cc1. The minimum Gasteiger partial charge on any atom is -0.497 e. The summed E-state index contributed by atoms with van der Waals surface area (Å²) < 4.78 is 33.2. The highest BCUT2D eigenvalue weighted by atomic mass is 32.2. The third-order valence-electron chi connectivity index (χ3n) is 5.89. The second-order valence-electron chi connectivity index (χ2n) is 7.69. The van der Waals surface area contributed by atoms with Crippen molar-refractivity contribution in [3.8, 4) is 5.75 Å². The van der Waals surface area contributed by atoms with Crippen molar-refractivity contribution in [2.45, 2.75) is 17.7 Å². The summed E-state index contributed by atoms with van der Waals surface area (Å²) in [5, 5.41) is 11.3. The first kappa shape index (κ1) is 21.4. The number of non-ortho nitro benzene ring substituents is 1. The zero-order valence-corrected chi connectivity index (χ0v) is 18.3. The molecule has 10 heteroatoms. The fourth-order valence-electron chi connectivity index (χ4n) is 4.15. The largest absolute Gasteiger partial charge is 0.497 e. The highest BCUT2D eigenvalue weighted by molar-refractivity contribution is 7.89. The van der Waals surface area contributed by atoms with Crippen LogP contribution >= 0.6 is 0 Å². The third-order valence-corrected chi connectivity index (χ3v) is 7.82. The molecule has 0 aromatic heterocycles. The summed E-state index contributed by atoms with van der Waals surface area (Å²) in [6, 6.07) is 12.0. The summed E-state index contributed by atoms with van der Waals surface area (Å²) >= 11 is 0. The Morgan fingerprint density at radius 1 is 0.903 bits per heavy atom. The molecule has 2 aliphatic rings. The number of rotatable bonds is 6. The van der Waals surface area contributed by atoms with Crippen molar-refractivity contribution in [3.63, 3.8) is 0 Å². The molecule has 166 valence electrons. The number of hydrogen-bond acceptors (Lipinski definition) is 7. The molecular formula is C21H26N4O5S. The normalized spacial score (nSPS) is 17.7. The van der Waals surface area contributed by atoms with Crippen molar-refractivity contribution in [1.82, 2.24) is 4.31 Å². The Labute approximate surface area is 182 Å². The van der Waals surface area contributed by atoms with Crippen molar-refractivity contribution in [3.05, 3.63) is 52.6 Å². The van der Waals surface area contributed by atoms with E-state index < -0.39 is 14.9 Å². The highest BCUT2D eigenvalue weighted by Crippen LogP contribution is 2.34. The summed E-state index contributed by atoms with van der Waals surface area (Å²) in [7, 11) is -2.16. The molecule has 9 nitrogen and oxygen atoms in total. The molecule has 2 fully saturated rings. The summed E-state index contributed by atoms with van der Waals surface area (Å²) in [5.74, 6) is 0.796. The smallest absolute Gasteiger partial charge is 0.270 e. The molecule has 0 bridgehead atoms. The lowest BCUT2D eigenvalue weighted by Gasteiger charge is -2.38. The first-order chi connectivity index (χ1) is 14.9. The average Bonchev–Trinajstić information content (AvgIpc) is 3.35. The van der Waals surface area contributed by atoms with Crippen LogP contribution in [0.15, 0.2) is 47.4 Å². The van der Waals surface area contributed by atoms with E-state index in [4.69, 9.17) is 4.74 Å². The number of nitrogens with zero attached hydrogens (tertiary/aromatic N) is 4. The number of sulfonamides is 1. The molecule has 2 aromatic rings. The van der Waals surface area contributed by atoms with E-state index in [1.54, 1.807) is 13.2 Å². The predicted molar refractivity (Wildman–Crippen MR) is 119 cm³/mol. The molecule has 2 aromatic carbocycles. The van der Waals surface area contributed by atoms with E-state index in [1.807, 2.05) is 29.2 Å². The van der Waals surface area contributed by atoms with E-state index in [1.165, 1.54) is 16.4 Å². The maximum Gasteiger partial charge on any atom is 0.270 e. The number of nitro groups is 1. The second-order valence-corrected chi connectivity index (χ2v) is 9.60. The number of methoxy groups -OCH3 is 1. The van der Waals surface area contributed by atoms with E-state index in [0.717, 1.165) is 24.3 Å². The molecule has 0 saturated carbocycles. The maximum atomic E-state index is 13.3. The van der Waals surface area contributed by atoms with Crippen LogP contribution in [0.1, 0.15) is 12.8 Å². The highest BCUT2D eigenvalue weighted by Gasteiger charge is 2.33. The van der Waals surface area contributed by atoms with Gasteiger partial charge in [-0.1, -0.05) is 0 Å². The predicted octanol–water partition coefficient (Wildman–Crippen LogP) is 2.71. The molecule has 0 aliphatic carbocycles. The fraction of sp³-hybridized carbons (Fsp3) is 0.429. The van der Waals surface area contributed by atoms with Gasteiger partial charge in [0, 0.05) is 57.1 Å². The molecule has 2 saturated heterocycles. The molecule has 2 aliphatic heterocycles. The summed E-state index contributed by atoms with van der Waals surface area (Å²) in [5.41, 5.74) is 1.40. The number of ether oxygens (including phenoxy) is 1. The lowest BCUT2D eigenvalue weighted by atomic mass is 10.2. The number of hydrogen-bond donors (Lipinski definition) is 0. The molecule has 0 unspecified atom stereocenters. The van der Waals surface area contributed by atoms with Crippen LogP contribution in [0.4, 0.5) is 17.1 Å². The van der Waals surface area contributed by atoms with E-state index >= 15 is 0 Å². The maximum absolute atomic E-state index is 13.3. The molecule has 31 heavy (non-hydrogen) atoms. The van der Waals surface area contributed by atoms with Crippen LogP contribution in [0, 0.1) is 10.1 Å². The van der Waals surface area contributed by atoms with Crippen molar-refractivity contribution in [2.75, 3.05) is 56.2 Å². The molecule has 4 rings (SSSR count). The third kappa shape index (κ3) is 4.31. The Morgan fingerprint density at radius 2 is 1.52 bits per heavy atom. The van der Waals surface area contributed by atoms with Gasteiger partial charge in [0.1, 0.15) is 10.6 Å². The van der Waals surface area contributed by atoms with Crippen LogP contribution in [0.3, 0.4) is 0 Å². The molecule has 0 amide bonds. The molecule has 0 radical (unpaired) electrons. The van der Waals surface area contributed by atoms with E-state index in [0.29, 0.717) is 45.0 Å². The standard InChI is InChI=1S/C21H26N4O5S/c1-30-19-7-4-17(5-8-19)22-12-14-23(15-13-22)20-9-6-18(25(26)27)16-21(20)31(28,29)24-10-2-3-11-24/h4-9,16H,2-3,10-15H2,1H3. The number of piperazine rings is 1. The van der Waals surface area contributed by atoms with Crippen LogP contribution in [0.2, 0.25) is 0 Å². The van der Waals surface area contributed by atoms with Gasteiger partial charge in [0.25, 0.3) is 5.69 Å². The van der Waals surface area contributed by atoms with Gasteiger partial charge in [0.2, 0.25) is 10.0 Å². The van der Waals surface area contributed by atoms with Gasteiger partial charge in [0.05, 0.1) is 17.7 Å². The average molecular weight is 447 g/mol. The Kier molecular flexibility index (Phi) is 6.01.